The van der Waals surface area contributed by atoms with Crippen LogP contribution >= 0.6 is 0 Å². The molecular formula is C38H43N5O7. The van der Waals surface area contributed by atoms with Crippen LogP contribution in [0.3, 0.4) is 0 Å². The van der Waals surface area contributed by atoms with Crippen LogP contribution in [0.4, 0.5) is 0 Å². The molecule has 12 nitrogen and oxygen atoms in total. The third-order valence-electron chi connectivity index (χ3n) is 8.89. The Kier molecular flexibility index (Phi) is 10.8. The highest BCUT2D eigenvalue weighted by molar-refractivity contribution is 5.97. The summed E-state index contributed by atoms with van der Waals surface area (Å²) < 4.78 is 24.0. The third kappa shape index (κ3) is 7.99. The molecule has 0 bridgehead atoms. The van der Waals surface area contributed by atoms with E-state index in [9.17, 15) is 9.59 Å². The Labute approximate surface area is 291 Å². The van der Waals surface area contributed by atoms with Gasteiger partial charge < -0.3 is 35.0 Å². The number of primary amides is 2. The fraction of sp³-hybridized carbons (Fsp3) is 0.342. The number of hydrogen-bond acceptors (Lipinski definition) is 10. The average Bonchev–Trinajstić information content (AvgIpc) is 3.75. The maximum absolute atomic E-state index is 12.8. The van der Waals surface area contributed by atoms with Gasteiger partial charge in [0.2, 0.25) is 5.91 Å². The van der Waals surface area contributed by atoms with Gasteiger partial charge in [0.25, 0.3) is 5.91 Å². The number of aryl methyl sites for hydroxylation is 2. The van der Waals surface area contributed by atoms with E-state index in [2.05, 4.69) is 35.5 Å². The highest BCUT2D eigenvalue weighted by atomic mass is 16.7. The molecule has 50 heavy (non-hydrogen) atoms. The van der Waals surface area contributed by atoms with Gasteiger partial charge >= 0.3 is 0 Å². The monoisotopic (exact) mass is 681 g/mol. The van der Waals surface area contributed by atoms with Gasteiger partial charge in [0.15, 0.2) is 17.0 Å². The Morgan fingerprint density at radius 2 is 1.56 bits per heavy atom. The molecule has 0 saturated carbocycles. The maximum Gasteiger partial charge on any atom is 0.271 e. The first-order valence-corrected chi connectivity index (χ1v) is 16.8. The topological polar surface area (TPSA) is 164 Å². The SMILES string of the molecule is CC(C)c1cc(CCc2onc(C(N)=O)c2C2=CC(CN3CCOCC3)(C(N)=O)NO2)c(OCc2ccccc2)cc1OCc1ccccc1. The molecule has 1 fully saturated rings. The van der Waals surface area contributed by atoms with Crippen molar-refractivity contribution >= 4 is 17.6 Å². The molecule has 262 valence electrons. The van der Waals surface area contributed by atoms with Crippen LogP contribution in [0.25, 0.3) is 5.76 Å². The van der Waals surface area contributed by atoms with Gasteiger partial charge in [0.1, 0.15) is 30.5 Å². The molecule has 2 aliphatic heterocycles. The van der Waals surface area contributed by atoms with Crippen molar-refractivity contribution in [3.8, 4) is 11.5 Å². The number of aromatic nitrogens is 1. The Bertz CT molecular complexity index is 1820. The van der Waals surface area contributed by atoms with Gasteiger partial charge in [-0.15, -0.1) is 5.48 Å². The fourth-order valence-corrected chi connectivity index (χ4v) is 6.11. The van der Waals surface area contributed by atoms with Gasteiger partial charge in [0, 0.05) is 32.1 Å². The quantitative estimate of drug-likeness (QED) is 0.165. The van der Waals surface area contributed by atoms with Gasteiger partial charge in [-0.3, -0.25) is 14.5 Å². The molecule has 1 aromatic heterocycles. The molecule has 6 rings (SSSR count). The number of hydroxylamine groups is 1. The van der Waals surface area contributed by atoms with Crippen molar-refractivity contribution in [2.75, 3.05) is 32.8 Å². The lowest BCUT2D eigenvalue weighted by Gasteiger charge is -2.33. The highest BCUT2D eigenvalue weighted by Crippen LogP contribution is 2.37. The summed E-state index contributed by atoms with van der Waals surface area (Å²) in [5.74, 6) is 0.686. The van der Waals surface area contributed by atoms with Crippen molar-refractivity contribution in [2.45, 2.75) is 51.4 Å². The van der Waals surface area contributed by atoms with Crippen molar-refractivity contribution in [1.82, 2.24) is 15.5 Å². The summed E-state index contributed by atoms with van der Waals surface area (Å²) in [4.78, 5) is 33.2. The Hall–Kier alpha value is -5.17. The summed E-state index contributed by atoms with van der Waals surface area (Å²) in [5, 5.41) is 4.00. The highest BCUT2D eigenvalue weighted by Gasteiger charge is 2.44. The second kappa shape index (κ2) is 15.6. The first-order valence-electron chi connectivity index (χ1n) is 16.8. The smallest absolute Gasteiger partial charge is 0.271 e. The number of morpholine rings is 1. The summed E-state index contributed by atoms with van der Waals surface area (Å²) in [5.41, 5.74) is 17.3. The number of nitrogens with zero attached hydrogens (tertiary/aromatic N) is 2. The minimum absolute atomic E-state index is 0.104. The Balaban J connectivity index is 1.30. The zero-order valence-corrected chi connectivity index (χ0v) is 28.4. The van der Waals surface area contributed by atoms with Crippen LogP contribution in [-0.2, 0) is 40.4 Å². The molecule has 1 atom stereocenters. The largest absolute Gasteiger partial charge is 0.488 e. The molecule has 0 radical (unpaired) electrons. The summed E-state index contributed by atoms with van der Waals surface area (Å²) in [7, 11) is 0. The van der Waals surface area contributed by atoms with Gasteiger partial charge in [-0.2, -0.15) is 0 Å². The molecule has 1 unspecified atom stereocenters. The normalized spacial score (nSPS) is 17.7. The second-order valence-corrected chi connectivity index (χ2v) is 12.8. The molecule has 4 aromatic rings. The molecule has 2 aliphatic rings. The van der Waals surface area contributed by atoms with E-state index in [-0.39, 0.29) is 29.5 Å². The van der Waals surface area contributed by atoms with E-state index in [0.29, 0.717) is 63.9 Å². The van der Waals surface area contributed by atoms with Crippen molar-refractivity contribution in [3.63, 3.8) is 0 Å². The molecule has 3 aromatic carbocycles. The number of nitrogens with one attached hydrogen (secondary N) is 1. The first kappa shape index (κ1) is 34.7. The number of carbonyl (C=O) groups is 2. The van der Waals surface area contributed by atoms with Gasteiger partial charge in [-0.25, -0.2) is 0 Å². The minimum atomic E-state index is -1.35. The van der Waals surface area contributed by atoms with Crippen LogP contribution in [-0.4, -0.2) is 60.3 Å². The molecule has 2 amide bonds. The van der Waals surface area contributed by atoms with E-state index >= 15 is 0 Å². The van der Waals surface area contributed by atoms with Gasteiger partial charge in [-0.05, 0) is 46.7 Å². The number of amides is 2. The van der Waals surface area contributed by atoms with Crippen LogP contribution in [0.15, 0.2) is 83.4 Å². The molecule has 3 heterocycles. The van der Waals surface area contributed by atoms with Crippen LogP contribution in [0, 0.1) is 0 Å². The standard InChI is InChI=1S/C38H43N5O7/c1-25(2)29-19-28(31(47-22-26-9-5-3-6-10-26)20-32(29)48-23-27-11-7-4-8-12-27)13-14-30-34(35(36(39)44)41-49-30)33-21-38(37(40)45,42-50-33)24-43-15-17-46-18-16-43/h3-12,19-21,25,42H,13-18,22-24H2,1-2H3,(H2,39,44)(H2,40,45). The van der Waals surface area contributed by atoms with Crippen molar-refractivity contribution in [3.05, 3.63) is 118 Å². The van der Waals surface area contributed by atoms with Crippen LogP contribution < -0.4 is 26.4 Å². The average molecular weight is 682 g/mol. The fourth-order valence-electron chi connectivity index (χ4n) is 6.11. The van der Waals surface area contributed by atoms with Gasteiger partial charge in [0.05, 0.1) is 18.8 Å². The molecular weight excluding hydrogens is 638 g/mol. The molecule has 5 N–H and O–H groups in total. The van der Waals surface area contributed by atoms with E-state index in [0.717, 1.165) is 28.0 Å². The Morgan fingerprint density at radius 1 is 0.920 bits per heavy atom. The second-order valence-electron chi connectivity index (χ2n) is 12.8. The summed E-state index contributed by atoms with van der Waals surface area (Å²) in [6, 6.07) is 24.0. The van der Waals surface area contributed by atoms with E-state index in [4.69, 9.17) is 35.0 Å². The number of ether oxygens (including phenoxy) is 3. The predicted octanol–water partition coefficient (Wildman–Crippen LogP) is 4.27. The molecule has 1 saturated heterocycles. The lowest BCUT2D eigenvalue weighted by molar-refractivity contribution is -0.126. The summed E-state index contributed by atoms with van der Waals surface area (Å²) in [6.07, 6.45) is 2.35. The lowest BCUT2D eigenvalue weighted by Crippen LogP contribution is -2.59. The maximum atomic E-state index is 12.8. The first-order chi connectivity index (χ1) is 24.2. The summed E-state index contributed by atoms with van der Waals surface area (Å²) >= 11 is 0. The van der Waals surface area contributed by atoms with E-state index < -0.39 is 17.4 Å². The van der Waals surface area contributed by atoms with Gasteiger partial charge in [-0.1, -0.05) is 79.7 Å². The van der Waals surface area contributed by atoms with E-state index in [1.807, 2.05) is 66.7 Å². The Morgan fingerprint density at radius 3 is 2.16 bits per heavy atom. The van der Waals surface area contributed by atoms with Crippen molar-refractivity contribution in [2.24, 2.45) is 11.5 Å². The van der Waals surface area contributed by atoms with Crippen LogP contribution in [0.5, 0.6) is 11.5 Å². The molecule has 0 spiro atoms. The summed E-state index contributed by atoms with van der Waals surface area (Å²) in [6.45, 7) is 7.61. The number of rotatable bonds is 15. The number of nitrogens with two attached hydrogens (primary N) is 2. The number of benzene rings is 3. The molecule has 0 aliphatic carbocycles. The van der Waals surface area contributed by atoms with Crippen LogP contribution in [0.1, 0.15) is 63.8 Å². The zero-order valence-electron chi connectivity index (χ0n) is 28.4. The van der Waals surface area contributed by atoms with E-state index in [1.165, 1.54) is 0 Å². The number of carbonyl (C=O) groups excluding carboxylic acids is 2. The van der Waals surface area contributed by atoms with E-state index in [1.54, 1.807) is 6.08 Å². The number of hydrogen-bond donors (Lipinski definition) is 3. The lowest BCUT2D eigenvalue weighted by atomic mass is 9.94. The molecule has 12 heteroatoms. The minimum Gasteiger partial charge on any atom is -0.488 e. The predicted molar refractivity (Wildman–Crippen MR) is 186 cm³/mol. The van der Waals surface area contributed by atoms with Crippen LogP contribution in [0.2, 0.25) is 0 Å². The third-order valence-corrected chi connectivity index (χ3v) is 8.89. The van der Waals surface area contributed by atoms with Crippen molar-refractivity contribution in [1.29, 1.82) is 0 Å². The zero-order chi connectivity index (χ0) is 35.1. The van der Waals surface area contributed by atoms with Crippen molar-refractivity contribution < 1.29 is 33.2 Å².